The molecule has 168 valence electrons. The number of rotatable bonds is 5. The highest BCUT2D eigenvalue weighted by atomic mass is 35.5. The smallest absolute Gasteiger partial charge is 0.253 e. The molecule has 5 rings (SSSR count). The zero-order valence-electron chi connectivity index (χ0n) is 16.6. The number of hydrogen-bond donors (Lipinski definition) is 1. The van der Waals surface area contributed by atoms with Crippen molar-refractivity contribution in [1.82, 2.24) is 9.29 Å². The van der Waals surface area contributed by atoms with E-state index in [0.717, 1.165) is 16.9 Å². The molecule has 0 radical (unpaired) electrons. The van der Waals surface area contributed by atoms with Crippen LogP contribution in [-0.2, 0) is 14.8 Å². The Morgan fingerprint density at radius 1 is 1.19 bits per heavy atom. The van der Waals surface area contributed by atoms with Crippen molar-refractivity contribution in [3.05, 3.63) is 40.0 Å². The quantitative estimate of drug-likeness (QED) is 0.554. The van der Waals surface area contributed by atoms with Gasteiger partial charge in [-0.05, 0) is 43.2 Å². The Hall–Kier alpha value is -2.18. The van der Waals surface area contributed by atoms with Crippen LogP contribution in [0.1, 0.15) is 12.8 Å². The number of benzene rings is 1. The van der Waals surface area contributed by atoms with Crippen LogP contribution in [0, 0.1) is 0 Å². The van der Waals surface area contributed by atoms with E-state index in [-0.39, 0.29) is 10.8 Å². The molecule has 8 nitrogen and oxygen atoms in total. The lowest BCUT2D eigenvalue weighted by molar-refractivity contribution is -0.119. The number of carbonyl (C=O) groups excluding carboxylic acids is 1. The van der Waals surface area contributed by atoms with Crippen LogP contribution in [0.2, 0.25) is 4.34 Å². The van der Waals surface area contributed by atoms with Gasteiger partial charge in [0, 0.05) is 17.5 Å². The van der Waals surface area contributed by atoms with Gasteiger partial charge in [0.2, 0.25) is 5.91 Å². The van der Waals surface area contributed by atoms with E-state index >= 15 is 0 Å². The number of nitrogens with one attached hydrogen (secondary N) is 1. The molecule has 1 amide bonds. The minimum absolute atomic E-state index is 0.136. The summed E-state index contributed by atoms with van der Waals surface area (Å²) in [7, 11) is -3.79. The molecule has 1 fully saturated rings. The molecule has 2 aromatic heterocycles. The molecule has 0 aliphatic carbocycles. The monoisotopic (exact) mass is 511 g/mol. The number of nitrogens with zero attached hydrogens (tertiary/aromatic N) is 2. The van der Waals surface area contributed by atoms with Gasteiger partial charge in [-0.3, -0.25) is 4.79 Å². The largest absolute Gasteiger partial charge is 0.486 e. The lowest BCUT2D eigenvalue weighted by Crippen LogP contribution is -2.42. The molecular weight excluding hydrogens is 494 g/mol. The second-order valence-corrected chi connectivity index (χ2v) is 11.9. The highest BCUT2D eigenvalue weighted by Crippen LogP contribution is 2.36. The van der Waals surface area contributed by atoms with Gasteiger partial charge in [-0.15, -0.1) is 22.7 Å². The van der Waals surface area contributed by atoms with Crippen LogP contribution in [-0.4, -0.2) is 49.4 Å². The van der Waals surface area contributed by atoms with E-state index in [1.807, 2.05) is 23.6 Å². The topological polar surface area (TPSA) is 97.8 Å². The first-order valence-electron chi connectivity index (χ1n) is 9.85. The van der Waals surface area contributed by atoms with Crippen molar-refractivity contribution in [2.24, 2.45) is 0 Å². The van der Waals surface area contributed by atoms with E-state index < -0.39 is 22.0 Å². The van der Waals surface area contributed by atoms with Gasteiger partial charge in [-0.1, -0.05) is 11.6 Å². The van der Waals surface area contributed by atoms with Gasteiger partial charge in [0.05, 0.1) is 10.0 Å². The van der Waals surface area contributed by atoms with E-state index in [2.05, 4.69) is 10.3 Å². The fraction of sp³-hybridized carbons (Fsp3) is 0.300. The molecule has 0 saturated carbocycles. The molecule has 4 heterocycles. The third-order valence-electron chi connectivity index (χ3n) is 5.19. The number of anilines is 1. The molecule has 2 aliphatic rings. The number of halogens is 1. The summed E-state index contributed by atoms with van der Waals surface area (Å²) >= 11 is 8.17. The van der Waals surface area contributed by atoms with E-state index in [1.54, 1.807) is 6.07 Å². The van der Waals surface area contributed by atoms with Crippen LogP contribution >= 0.6 is 34.3 Å². The summed E-state index contributed by atoms with van der Waals surface area (Å²) in [5, 5.41) is 5.02. The van der Waals surface area contributed by atoms with Gasteiger partial charge in [-0.2, -0.15) is 4.31 Å². The van der Waals surface area contributed by atoms with Crippen molar-refractivity contribution in [3.8, 4) is 22.8 Å². The molecule has 1 N–H and O–H groups in total. The standard InChI is InChI=1S/C20H18ClN3O5S3/c21-17-5-6-18(31-17)32(26,27)24-7-1-2-14(24)19(25)23-20-22-13(11-30-20)12-3-4-15-16(10-12)29-9-8-28-15/h3-6,10-11,14H,1-2,7-9H2,(H,22,23,25). The van der Waals surface area contributed by atoms with Crippen molar-refractivity contribution in [2.45, 2.75) is 23.1 Å². The second-order valence-electron chi connectivity index (χ2n) is 7.22. The first kappa shape index (κ1) is 21.7. The molecular formula is C20H18ClN3O5S3. The van der Waals surface area contributed by atoms with Crippen LogP contribution in [0.15, 0.2) is 39.9 Å². The lowest BCUT2D eigenvalue weighted by Gasteiger charge is -2.22. The summed E-state index contributed by atoms with van der Waals surface area (Å²) < 4.78 is 38.9. The summed E-state index contributed by atoms with van der Waals surface area (Å²) in [5.41, 5.74) is 1.53. The Labute approximate surface area is 197 Å². The Morgan fingerprint density at radius 2 is 2.00 bits per heavy atom. The summed E-state index contributed by atoms with van der Waals surface area (Å²) in [5.74, 6) is 0.961. The van der Waals surface area contributed by atoms with Crippen LogP contribution in [0.25, 0.3) is 11.3 Å². The predicted molar refractivity (Wildman–Crippen MR) is 123 cm³/mol. The van der Waals surface area contributed by atoms with Crippen molar-refractivity contribution in [3.63, 3.8) is 0 Å². The van der Waals surface area contributed by atoms with Gasteiger partial charge in [0.25, 0.3) is 10.0 Å². The maximum absolute atomic E-state index is 13.0. The molecule has 3 aromatic rings. The second kappa shape index (κ2) is 8.64. The van der Waals surface area contributed by atoms with Crippen LogP contribution in [0.3, 0.4) is 0 Å². The maximum atomic E-state index is 13.0. The fourth-order valence-corrected chi connectivity index (χ4v) is 7.69. The maximum Gasteiger partial charge on any atom is 0.253 e. The van der Waals surface area contributed by atoms with Crippen molar-refractivity contribution >= 4 is 55.3 Å². The molecule has 1 unspecified atom stereocenters. The minimum Gasteiger partial charge on any atom is -0.486 e. The van der Waals surface area contributed by atoms with Crippen LogP contribution in [0.5, 0.6) is 11.5 Å². The fourth-order valence-electron chi connectivity index (χ4n) is 3.70. The highest BCUT2D eigenvalue weighted by molar-refractivity contribution is 7.91. The van der Waals surface area contributed by atoms with Crippen molar-refractivity contribution in [2.75, 3.05) is 25.1 Å². The number of thiazole rings is 1. The Morgan fingerprint density at radius 3 is 2.78 bits per heavy atom. The molecule has 2 aliphatic heterocycles. The van der Waals surface area contributed by atoms with E-state index in [1.165, 1.54) is 21.7 Å². The van der Waals surface area contributed by atoms with E-state index in [4.69, 9.17) is 21.1 Å². The third-order valence-corrected chi connectivity index (χ3v) is 9.55. The minimum atomic E-state index is -3.79. The number of amides is 1. The van der Waals surface area contributed by atoms with Gasteiger partial charge < -0.3 is 14.8 Å². The normalized spacial score (nSPS) is 18.6. The number of thiophene rings is 1. The number of hydrogen-bond acceptors (Lipinski definition) is 8. The zero-order valence-corrected chi connectivity index (χ0v) is 19.8. The summed E-state index contributed by atoms with van der Waals surface area (Å²) in [4.78, 5) is 17.4. The number of fused-ring (bicyclic) bond motifs is 1. The Bertz CT molecular complexity index is 1270. The highest BCUT2D eigenvalue weighted by Gasteiger charge is 2.40. The molecule has 1 aromatic carbocycles. The molecule has 1 saturated heterocycles. The van der Waals surface area contributed by atoms with Gasteiger partial charge in [0.1, 0.15) is 23.5 Å². The molecule has 0 spiro atoms. The van der Waals surface area contributed by atoms with Crippen LogP contribution < -0.4 is 14.8 Å². The zero-order chi connectivity index (χ0) is 22.3. The van der Waals surface area contributed by atoms with Gasteiger partial charge >= 0.3 is 0 Å². The average molecular weight is 512 g/mol. The molecule has 32 heavy (non-hydrogen) atoms. The first-order valence-corrected chi connectivity index (χ1v) is 13.4. The van der Waals surface area contributed by atoms with Gasteiger partial charge in [0.15, 0.2) is 16.6 Å². The van der Waals surface area contributed by atoms with Gasteiger partial charge in [-0.25, -0.2) is 13.4 Å². The predicted octanol–water partition coefficient (Wildman–Crippen LogP) is 4.09. The van der Waals surface area contributed by atoms with Crippen molar-refractivity contribution in [1.29, 1.82) is 0 Å². The summed E-state index contributed by atoms with van der Waals surface area (Å²) in [6, 6.07) is 7.79. The number of carbonyl (C=O) groups is 1. The third kappa shape index (κ3) is 4.11. The summed E-state index contributed by atoms with van der Waals surface area (Å²) in [6.45, 7) is 1.30. The van der Waals surface area contributed by atoms with Crippen molar-refractivity contribution < 1.29 is 22.7 Å². The van der Waals surface area contributed by atoms with E-state index in [9.17, 15) is 13.2 Å². The Kier molecular flexibility index (Phi) is 5.84. The molecule has 0 bridgehead atoms. The summed E-state index contributed by atoms with van der Waals surface area (Å²) in [6.07, 6.45) is 1.06. The molecule has 12 heteroatoms. The molecule has 1 atom stereocenters. The first-order chi connectivity index (χ1) is 15.4. The van der Waals surface area contributed by atoms with Crippen LogP contribution in [0.4, 0.5) is 5.13 Å². The Balaban J connectivity index is 1.32. The number of sulfonamides is 1. The SMILES string of the molecule is O=C(Nc1nc(-c2ccc3c(c2)OCCO3)cs1)C1CCCN1S(=O)(=O)c1ccc(Cl)s1. The van der Waals surface area contributed by atoms with E-state index in [0.29, 0.717) is 52.7 Å². The number of aromatic nitrogens is 1. The average Bonchev–Trinajstić information content (AvgIpc) is 3.54. The number of ether oxygens (including phenoxy) is 2. The lowest BCUT2D eigenvalue weighted by atomic mass is 10.1.